The van der Waals surface area contributed by atoms with Crippen LogP contribution in [-0.4, -0.2) is 25.2 Å². The summed E-state index contributed by atoms with van der Waals surface area (Å²) in [5.74, 6) is -0.103. The maximum Gasteiger partial charge on any atom is 0.335 e. The highest BCUT2D eigenvalue weighted by Gasteiger charge is 2.10. The molecule has 110 valence electrons. The second-order valence-corrected chi connectivity index (χ2v) is 5.53. The van der Waals surface area contributed by atoms with Gasteiger partial charge in [0.1, 0.15) is 5.75 Å². The molecule has 0 amide bonds. The highest BCUT2D eigenvalue weighted by atomic mass is 79.9. The van der Waals surface area contributed by atoms with Gasteiger partial charge in [-0.05, 0) is 51.8 Å². The van der Waals surface area contributed by atoms with Crippen LogP contribution in [0.4, 0.5) is 5.69 Å². The van der Waals surface area contributed by atoms with Crippen LogP contribution in [0.3, 0.4) is 0 Å². The molecular weight excluding hydrogens is 334 g/mol. The Balaban J connectivity index is 2.15. The SMILES string of the molecule is COc1ccc(CN(C)c2ccc(C(=O)O)cc2Br)cc1. The van der Waals surface area contributed by atoms with Crippen molar-refractivity contribution in [3.8, 4) is 5.75 Å². The average molecular weight is 350 g/mol. The molecule has 2 aromatic rings. The molecule has 2 aromatic carbocycles. The molecule has 0 aliphatic rings. The number of hydrogen-bond acceptors (Lipinski definition) is 3. The number of carboxylic acid groups (broad SMARTS) is 1. The van der Waals surface area contributed by atoms with Crippen molar-refractivity contribution in [2.24, 2.45) is 0 Å². The van der Waals surface area contributed by atoms with Crippen LogP contribution in [0.15, 0.2) is 46.9 Å². The van der Waals surface area contributed by atoms with Crippen LogP contribution >= 0.6 is 15.9 Å². The van der Waals surface area contributed by atoms with Gasteiger partial charge in [0.05, 0.1) is 18.4 Å². The largest absolute Gasteiger partial charge is 0.497 e. The van der Waals surface area contributed by atoms with Gasteiger partial charge in [0.2, 0.25) is 0 Å². The van der Waals surface area contributed by atoms with E-state index in [1.165, 1.54) is 0 Å². The van der Waals surface area contributed by atoms with Crippen LogP contribution in [0.5, 0.6) is 5.75 Å². The smallest absolute Gasteiger partial charge is 0.335 e. The summed E-state index contributed by atoms with van der Waals surface area (Å²) in [6.45, 7) is 0.717. The summed E-state index contributed by atoms with van der Waals surface area (Å²) < 4.78 is 5.90. The van der Waals surface area contributed by atoms with E-state index in [4.69, 9.17) is 9.84 Å². The number of rotatable bonds is 5. The van der Waals surface area contributed by atoms with E-state index in [1.807, 2.05) is 31.3 Å². The Hall–Kier alpha value is -2.01. The van der Waals surface area contributed by atoms with Gasteiger partial charge in [0.25, 0.3) is 0 Å². The number of ether oxygens (including phenoxy) is 1. The van der Waals surface area contributed by atoms with Gasteiger partial charge in [-0.15, -0.1) is 0 Å². The molecule has 0 fully saturated rings. The van der Waals surface area contributed by atoms with Crippen LogP contribution < -0.4 is 9.64 Å². The van der Waals surface area contributed by atoms with Crippen LogP contribution in [-0.2, 0) is 6.54 Å². The molecule has 0 atom stereocenters. The van der Waals surface area contributed by atoms with Crippen molar-refractivity contribution in [3.05, 3.63) is 58.1 Å². The van der Waals surface area contributed by atoms with E-state index in [0.717, 1.165) is 28.0 Å². The molecular formula is C16H16BrNO3. The third-order valence-electron chi connectivity index (χ3n) is 3.18. The van der Waals surface area contributed by atoms with Crippen LogP contribution in [0, 0.1) is 0 Å². The van der Waals surface area contributed by atoms with E-state index < -0.39 is 5.97 Å². The zero-order valence-corrected chi connectivity index (χ0v) is 13.4. The Bertz CT molecular complexity index is 640. The standard InChI is InChI=1S/C16H16BrNO3/c1-18(10-11-3-6-13(21-2)7-4-11)15-8-5-12(16(19)20)9-14(15)17/h3-9H,10H2,1-2H3,(H,19,20). The molecule has 21 heavy (non-hydrogen) atoms. The van der Waals surface area contributed by atoms with Crippen molar-refractivity contribution in [1.29, 1.82) is 0 Å². The molecule has 0 saturated carbocycles. The lowest BCUT2D eigenvalue weighted by Crippen LogP contribution is -2.17. The summed E-state index contributed by atoms with van der Waals surface area (Å²) in [7, 11) is 3.60. The van der Waals surface area contributed by atoms with Gasteiger partial charge >= 0.3 is 5.97 Å². The molecule has 0 aromatic heterocycles. The molecule has 0 saturated heterocycles. The Labute approximate surface area is 132 Å². The Morgan fingerprint density at radius 3 is 2.43 bits per heavy atom. The van der Waals surface area contributed by atoms with Crippen molar-refractivity contribution in [1.82, 2.24) is 0 Å². The number of carboxylic acids is 1. The first-order valence-electron chi connectivity index (χ1n) is 6.38. The van der Waals surface area contributed by atoms with Crippen LogP contribution in [0.2, 0.25) is 0 Å². The normalized spacial score (nSPS) is 10.2. The summed E-state index contributed by atoms with van der Waals surface area (Å²) >= 11 is 3.43. The van der Waals surface area contributed by atoms with Gasteiger partial charge in [-0.3, -0.25) is 0 Å². The molecule has 0 spiro atoms. The van der Waals surface area contributed by atoms with Crippen LogP contribution in [0.25, 0.3) is 0 Å². The van der Waals surface area contributed by atoms with Gasteiger partial charge in [0, 0.05) is 18.1 Å². The Morgan fingerprint density at radius 1 is 1.24 bits per heavy atom. The predicted octanol–water partition coefficient (Wildman–Crippen LogP) is 3.79. The lowest BCUT2D eigenvalue weighted by molar-refractivity contribution is 0.0697. The van der Waals surface area contributed by atoms with E-state index >= 15 is 0 Å². The summed E-state index contributed by atoms with van der Waals surface area (Å²) in [6.07, 6.45) is 0. The van der Waals surface area contributed by atoms with Gasteiger partial charge in [0.15, 0.2) is 0 Å². The molecule has 0 aliphatic heterocycles. The van der Waals surface area contributed by atoms with Crippen molar-refractivity contribution in [3.63, 3.8) is 0 Å². The van der Waals surface area contributed by atoms with Gasteiger partial charge in [-0.25, -0.2) is 4.79 Å². The second kappa shape index (κ2) is 6.63. The molecule has 4 nitrogen and oxygen atoms in total. The molecule has 1 N–H and O–H groups in total. The number of carbonyl (C=O) groups is 1. The summed E-state index contributed by atoms with van der Waals surface area (Å²) in [6, 6.07) is 12.9. The number of anilines is 1. The minimum atomic E-state index is -0.931. The fourth-order valence-electron chi connectivity index (χ4n) is 2.04. The van der Waals surface area contributed by atoms with Crippen molar-refractivity contribution in [2.75, 3.05) is 19.1 Å². The average Bonchev–Trinajstić information content (AvgIpc) is 2.47. The van der Waals surface area contributed by atoms with E-state index in [2.05, 4.69) is 20.8 Å². The highest BCUT2D eigenvalue weighted by Crippen LogP contribution is 2.28. The zero-order chi connectivity index (χ0) is 15.4. The molecule has 0 heterocycles. The van der Waals surface area contributed by atoms with Gasteiger partial charge in [-0.1, -0.05) is 12.1 Å². The van der Waals surface area contributed by atoms with Gasteiger partial charge < -0.3 is 14.7 Å². The number of methoxy groups -OCH3 is 1. The monoisotopic (exact) mass is 349 g/mol. The van der Waals surface area contributed by atoms with Crippen LogP contribution in [0.1, 0.15) is 15.9 Å². The van der Waals surface area contributed by atoms with E-state index in [-0.39, 0.29) is 5.56 Å². The molecule has 0 unspecified atom stereocenters. The van der Waals surface area contributed by atoms with E-state index in [1.54, 1.807) is 25.3 Å². The summed E-state index contributed by atoms with van der Waals surface area (Å²) in [4.78, 5) is 13.0. The minimum absolute atomic E-state index is 0.267. The first-order valence-corrected chi connectivity index (χ1v) is 7.17. The third-order valence-corrected chi connectivity index (χ3v) is 3.82. The highest BCUT2D eigenvalue weighted by molar-refractivity contribution is 9.10. The summed E-state index contributed by atoms with van der Waals surface area (Å²) in [5, 5.41) is 8.98. The van der Waals surface area contributed by atoms with Gasteiger partial charge in [-0.2, -0.15) is 0 Å². The molecule has 2 rings (SSSR count). The topological polar surface area (TPSA) is 49.8 Å². The molecule has 0 radical (unpaired) electrons. The Morgan fingerprint density at radius 2 is 1.90 bits per heavy atom. The quantitative estimate of drug-likeness (QED) is 0.891. The third kappa shape index (κ3) is 3.76. The van der Waals surface area contributed by atoms with Crippen molar-refractivity contribution in [2.45, 2.75) is 6.54 Å². The predicted molar refractivity (Wildman–Crippen MR) is 86.2 cm³/mol. The maximum atomic E-state index is 10.9. The maximum absolute atomic E-state index is 10.9. The Kier molecular flexibility index (Phi) is 4.85. The zero-order valence-electron chi connectivity index (χ0n) is 11.8. The lowest BCUT2D eigenvalue weighted by atomic mass is 10.1. The van der Waals surface area contributed by atoms with E-state index in [9.17, 15) is 4.79 Å². The molecule has 0 bridgehead atoms. The number of halogens is 1. The number of nitrogens with zero attached hydrogens (tertiary/aromatic N) is 1. The minimum Gasteiger partial charge on any atom is -0.497 e. The number of benzene rings is 2. The van der Waals surface area contributed by atoms with E-state index in [0.29, 0.717) is 0 Å². The first kappa shape index (κ1) is 15.4. The second-order valence-electron chi connectivity index (χ2n) is 4.68. The fourth-order valence-corrected chi connectivity index (χ4v) is 2.72. The number of hydrogen-bond donors (Lipinski definition) is 1. The van der Waals surface area contributed by atoms with Crippen molar-refractivity contribution < 1.29 is 14.6 Å². The first-order chi connectivity index (χ1) is 10.0. The summed E-state index contributed by atoms with van der Waals surface area (Å²) in [5.41, 5.74) is 2.35. The fraction of sp³-hybridized carbons (Fsp3) is 0.188. The van der Waals surface area contributed by atoms with Crippen molar-refractivity contribution >= 4 is 27.6 Å². The number of aromatic carboxylic acids is 1. The molecule has 0 aliphatic carbocycles. The lowest BCUT2D eigenvalue weighted by Gasteiger charge is -2.21. The molecule has 5 heteroatoms.